The first-order valence-corrected chi connectivity index (χ1v) is 9.97. The maximum atomic E-state index is 13.4. The van der Waals surface area contributed by atoms with Crippen molar-refractivity contribution in [1.29, 1.82) is 5.41 Å². The quantitative estimate of drug-likeness (QED) is 0.180. The molecule has 0 spiro atoms. The van der Waals surface area contributed by atoms with Crippen LogP contribution in [0.3, 0.4) is 0 Å². The van der Waals surface area contributed by atoms with E-state index in [1.165, 1.54) is 36.4 Å². The number of carboxylic acids is 2. The summed E-state index contributed by atoms with van der Waals surface area (Å²) in [6.45, 7) is 0.0677. The molecule has 0 aliphatic rings. The Kier molecular flexibility index (Phi) is 7.14. The Bertz CT molecular complexity index is 1290. The number of halogens is 3. The molecule has 0 bridgehead atoms. The number of guanidine groups is 1. The minimum atomic E-state index is -4.67. The molecule has 0 amide bonds. The van der Waals surface area contributed by atoms with Crippen LogP contribution in [0.5, 0.6) is 0 Å². The first kappa shape index (κ1) is 24.9. The molecule has 0 radical (unpaired) electrons. The van der Waals surface area contributed by atoms with E-state index in [9.17, 15) is 33.0 Å². The summed E-state index contributed by atoms with van der Waals surface area (Å²) in [7, 11) is 0. The van der Waals surface area contributed by atoms with E-state index in [2.05, 4.69) is 16.0 Å². The SMILES string of the molecule is N=C(N)NCc1ccc(Nc2cc(C(F)(F)F)ccc2Nc2ccccc2C(=O)O)c(C(=O)O)c1. The normalized spacial score (nSPS) is 10.9. The smallest absolute Gasteiger partial charge is 0.416 e. The van der Waals surface area contributed by atoms with Crippen molar-refractivity contribution in [3.63, 3.8) is 0 Å². The van der Waals surface area contributed by atoms with Crippen LogP contribution in [0.2, 0.25) is 0 Å². The van der Waals surface area contributed by atoms with Gasteiger partial charge >= 0.3 is 18.1 Å². The van der Waals surface area contributed by atoms with Crippen molar-refractivity contribution in [1.82, 2.24) is 5.32 Å². The van der Waals surface area contributed by atoms with E-state index in [1.807, 2.05) is 0 Å². The van der Waals surface area contributed by atoms with Gasteiger partial charge in [-0.05, 0) is 48.0 Å². The molecule has 3 aromatic carbocycles. The average molecular weight is 487 g/mol. The van der Waals surface area contributed by atoms with Crippen LogP contribution in [-0.4, -0.2) is 28.1 Å². The van der Waals surface area contributed by atoms with E-state index in [4.69, 9.17) is 11.1 Å². The van der Waals surface area contributed by atoms with E-state index in [-0.39, 0.29) is 46.4 Å². The predicted molar refractivity (Wildman–Crippen MR) is 124 cm³/mol. The zero-order valence-corrected chi connectivity index (χ0v) is 17.9. The number of para-hydroxylation sites is 1. The van der Waals surface area contributed by atoms with Crippen LogP contribution in [0.15, 0.2) is 60.7 Å². The third-order valence-electron chi connectivity index (χ3n) is 4.84. The minimum absolute atomic E-state index is 0.00188. The molecule has 0 aliphatic carbocycles. The second-order valence-electron chi connectivity index (χ2n) is 7.31. The van der Waals surface area contributed by atoms with Gasteiger partial charge in [0.2, 0.25) is 0 Å². The fourth-order valence-electron chi connectivity index (χ4n) is 3.19. The molecule has 35 heavy (non-hydrogen) atoms. The van der Waals surface area contributed by atoms with Crippen molar-refractivity contribution in [3.05, 3.63) is 82.9 Å². The fourth-order valence-corrected chi connectivity index (χ4v) is 3.19. The van der Waals surface area contributed by atoms with Crippen LogP contribution in [0.25, 0.3) is 0 Å². The number of hydrogen-bond donors (Lipinski definition) is 7. The largest absolute Gasteiger partial charge is 0.478 e. The van der Waals surface area contributed by atoms with Gasteiger partial charge in [0.15, 0.2) is 5.96 Å². The number of alkyl halides is 3. The first-order valence-electron chi connectivity index (χ1n) is 9.97. The molecule has 9 nitrogen and oxygen atoms in total. The van der Waals surface area contributed by atoms with Gasteiger partial charge in [0.05, 0.1) is 39.4 Å². The van der Waals surface area contributed by atoms with E-state index in [1.54, 1.807) is 6.07 Å². The van der Waals surface area contributed by atoms with Gasteiger partial charge in [0.25, 0.3) is 0 Å². The van der Waals surface area contributed by atoms with Crippen molar-refractivity contribution in [2.75, 3.05) is 10.6 Å². The van der Waals surface area contributed by atoms with Crippen molar-refractivity contribution in [2.24, 2.45) is 5.73 Å². The molecule has 182 valence electrons. The lowest BCUT2D eigenvalue weighted by Crippen LogP contribution is -2.29. The van der Waals surface area contributed by atoms with Crippen molar-refractivity contribution >= 4 is 40.6 Å². The molecule has 8 N–H and O–H groups in total. The van der Waals surface area contributed by atoms with Gasteiger partial charge in [-0.15, -0.1) is 0 Å². The first-order chi connectivity index (χ1) is 16.5. The van der Waals surface area contributed by atoms with Gasteiger partial charge < -0.3 is 31.9 Å². The van der Waals surface area contributed by atoms with Crippen LogP contribution < -0.4 is 21.7 Å². The van der Waals surface area contributed by atoms with Crippen molar-refractivity contribution < 1.29 is 33.0 Å². The maximum absolute atomic E-state index is 13.4. The third kappa shape index (κ3) is 6.19. The molecule has 0 heterocycles. The van der Waals surface area contributed by atoms with Gasteiger partial charge in [-0.3, -0.25) is 5.41 Å². The second-order valence-corrected chi connectivity index (χ2v) is 7.31. The standard InChI is InChI=1S/C23H20F3N5O4/c24-23(25,26)13-6-8-18(30-16-4-2-1-3-14(16)20(32)33)19(10-13)31-17-7-5-12(11-29-22(27)28)9-15(17)21(34)35/h1-10,30-31H,11H2,(H,32,33)(H,34,35)(H4,27,28,29). The third-order valence-corrected chi connectivity index (χ3v) is 4.84. The Morgan fingerprint density at radius 2 is 1.43 bits per heavy atom. The molecular formula is C23H20F3N5O4. The Morgan fingerprint density at radius 1 is 0.829 bits per heavy atom. The molecule has 0 unspecified atom stereocenters. The van der Waals surface area contributed by atoms with Gasteiger partial charge in [0, 0.05) is 6.54 Å². The van der Waals surface area contributed by atoms with E-state index in [0.29, 0.717) is 5.56 Å². The van der Waals surface area contributed by atoms with Crippen LogP contribution >= 0.6 is 0 Å². The second kappa shape index (κ2) is 10.0. The Balaban J connectivity index is 2.05. The zero-order valence-electron chi connectivity index (χ0n) is 17.9. The molecule has 0 saturated heterocycles. The van der Waals surface area contributed by atoms with Crippen LogP contribution in [0, 0.1) is 5.41 Å². The molecule has 12 heteroatoms. The number of aromatic carboxylic acids is 2. The summed E-state index contributed by atoms with van der Waals surface area (Å²) < 4.78 is 40.2. The average Bonchev–Trinajstić information content (AvgIpc) is 2.78. The number of nitrogens with one attached hydrogen (secondary N) is 4. The predicted octanol–water partition coefficient (Wildman–Crippen LogP) is 4.57. The fraction of sp³-hybridized carbons (Fsp3) is 0.0870. The van der Waals surface area contributed by atoms with Crippen molar-refractivity contribution in [2.45, 2.75) is 12.7 Å². The highest BCUT2D eigenvalue weighted by molar-refractivity contribution is 5.98. The highest BCUT2D eigenvalue weighted by Crippen LogP contribution is 2.37. The summed E-state index contributed by atoms with van der Waals surface area (Å²) in [6, 6.07) is 12.8. The van der Waals surface area contributed by atoms with Crippen molar-refractivity contribution in [3.8, 4) is 0 Å². The van der Waals surface area contributed by atoms with Crippen LogP contribution in [0.1, 0.15) is 31.8 Å². The summed E-state index contributed by atoms with van der Waals surface area (Å²) in [5.74, 6) is -2.89. The van der Waals surface area contributed by atoms with Gasteiger partial charge in [-0.1, -0.05) is 18.2 Å². The number of hydrogen-bond acceptors (Lipinski definition) is 5. The molecule has 3 rings (SSSR count). The van der Waals surface area contributed by atoms with Crippen LogP contribution in [-0.2, 0) is 12.7 Å². The lowest BCUT2D eigenvalue weighted by Gasteiger charge is -2.19. The van der Waals surface area contributed by atoms with Gasteiger partial charge in [-0.25, -0.2) is 9.59 Å². The summed E-state index contributed by atoms with van der Waals surface area (Å²) in [5, 5.41) is 34.3. The van der Waals surface area contributed by atoms with E-state index in [0.717, 1.165) is 18.2 Å². The summed E-state index contributed by atoms with van der Waals surface area (Å²) >= 11 is 0. The molecule has 0 saturated carbocycles. The number of carbonyl (C=O) groups is 2. The number of benzene rings is 3. The maximum Gasteiger partial charge on any atom is 0.416 e. The Morgan fingerprint density at radius 3 is 2.06 bits per heavy atom. The number of carboxylic acid groups (broad SMARTS) is 2. The molecule has 0 aromatic heterocycles. The minimum Gasteiger partial charge on any atom is -0.478 e. The topological polar surface area (TPSA) is 161 Å². The summed E-state index contributed by atoms with van der Waals surface area (Å²) in [5.41, 5.74) is 4.47. The highest BCUT2D eigenvalue weighted by Gasteiger charge is 2.31. The number of anilines is 4. The molecule has 3 aromatic rings. The van der Waals surface area contributed by atoms with E-state index < -0.39 is 23.7 Å². The van der Waals surface area contributed by atoms with Crippen LogP contribution in [0.4, 0.5) is 35.9 Å². The lowest BCUT2D eigenvalue weighted by molar-refractivity contribution is -0.137. The monoisotopic (exact) mass is 487 g/mol. The molecular weight excluding hydrogens is 467 g/mol. The van der Waals surface area contributed by atoms with Gasteiger partial charge in [0.1, 0.15) is 0 Å². The summed E-state index contributed by atoms with van der Waals surface area (Å²) in [6.07, 6.45) is -4.67. The molecule has 0 fully saturated rings. The highest BCUT2D eigenvalue weighted by atomic mass is 19.4. The number of rotatable bonds is 8. The van der Waals surface area contributed by atoms with E-state index >= 15 is 0 Å². The summed E-state index contributed by atoms with van der Waals surface area (Å²) in [4.78, 5) is 23.4. The zero-order chi connectivity index (χ0) is 25.8. The Labute approximate surface area is 196 Å². The molecule has 0 aliphatic heterocycles. The Hall–Kier alpha value is -4.74. The lowest BCUT2D eigenvalue weighted by atomic mass is 10.1. The molecule has 0 atom stereocenters. The van der Waals surface area contributed by atoms with Gasteiger partial charge in [-0.2, -0.15) is 13.2 Å². The number of nitrogens with two attached hydrogens (primary N) is 1.